The summed E-state index contributed by atoms with van der Waals surface area (Å²) in [5, 5.41) is 0. The molecule has 0 heterocycles. The zero-order valence-electron chi connectivity index (χ0n) is 10.9. The lowest BCUT2D eigenvalue weighted by atomic mass is 9.47. The van der Waals surface area contributed by atoms with Crippen molar-refractivity contribution in [2.75, 3.05) is 0 Å². The van der Waals surface area contributed by atoms with E-state index >= 15 is 0 Å². The first-order chi connectivity index (χ1) is 8.09. The van der Waals surface area contributed by atoms with Crippen molar-refractivity contribution >= 4 is 5.78 Å². The second-order valence-corrected chi connectivity index (χ2v) is 6.61. The monoisotopic (exact) mass is 230 g/mol. The summed E-state index contributed by atoms with van der Waals surface area (Å²) in [6.45, 7) is 4.54. The van der Waals surface area contributed by atoms with Crippen molar-refractivity contribution in [3.8, 4) is 0 Å². The van der Waals surface area contributed by atoms with Crippen LogP contribution in [0.4, 0.5) is 0 Å². The van der Waals surface area contributed by atoms with Gasteiger partial charge in [-0.25, -0.2) is 0 Å². The molecule has 0 aliphatic heterocycles. The molecular weight excluding hydrogens is 208 g/mol. The molecule has 0 N–H and O–H groups in total. The SMILES string of the molecule is CC1(C)[C@H]2C/C(=C\C3CC=CCC3)C(=O)[C@@H]1C2. The fraction of sp³-hybridized carbons (Fsp3) is 0.688. The number of fused-ring (bicyclic) bond motifs is 2. The number of hydrogen-bond acceptors (Lipinski definition) is 1. The third-order valence-electron chi connectivity index (χ3n) is 5.32. The van der Waals surface area contributed by atoms with Gasteiger partial charge < -0.3 is 0 Å². The second kappa shape index (κ2) is 3.83. The quantitative estimate of drug-likeness (QED) is 0.493. The maximum atomic E-state index is 12.4. The van der Waals surface area contributed by atoms with E-state index in [1.54, 1.807) is 0 Å². The minimum absolute atomic E-state index is 0.279. The number of carbonyl (C=O) groups excluding carboxylic acids is 1. The van der Waals surface area contributed by atoms with Crippen LogP contribution in [0.15, 0.2) is 23.8 Å². The summed E-state index contributed by atoms with van der Waals surface area (Å²) >= 11 is 0. The number of hydrogen-bond donors (Lipinski definition) is 0. The zero-order chi connectivity index (χ0) is 12.0. The summed E-state index contributed by atoms with van der Waals surface area (Å²) in [5.41, 5.74) is 1.44. The van der Waals surface area contributed by atoms with Crippen LogP contribution in [0.25, 0.3) is 0 Å². The fourth-order valence-corrected chi connectivity index (χ4v) is 3.80. The molecule has 0 spiro atoms. The van der Waals surface area contributed by atoms with Gasteiger partial charge in [0, 0.05) is 5.92 Å². The molecule has 1 nitrogen and oxygen atoms in total. The molecule has 0 aromatic carbocycles. The lowest BCUT2D eigenvalue weighted by Crippen LogP contribution is -2.53. The van der Waals surface area contributed by atoms with Gasteiger partial charge in [0.05, 0.1) is 0 Å². The Morgan fingerprint density at radius 1 is 1.35 bits per heavy atom. The molecule has 0 aromatic heterocycles. The highest BCUT2D eigenvalue weighted by Crippen LogP contribution is 2.59. The Morgan fingerprint density at radius 2 is 2.18 bits per heavy atom. The van der Waals surface area contributed by atoms with Crippen LogP contribution in [0.2, 0.25) is 0 Å². The van der Waals surface area contributed by atoms with Crippen LogP contribution in [0.3, 0.4) is 0 Å². The van der Waals surface area contributed by atoms with Gasteiger partial charge >= 0.3 is 0 Å². The highest BCUT2D eigenvalue weighted by atomic mass is 16.1. The van der Waals surface area contributed by atoms with E-state index in [0.717, 1.165) is 30.8 Å². The van der Waals surface area contributed by atoms with Gasteiger partial charge in [-0.2, -0.15) is 0 Å². The Hall–Kier alpha value is -0.850. The largest absolute Gasteiger partial charge is 0.294 e. The van der Waals surface area contributed by atoms with Gasteiger partial charge in [-0.3, -0.25) is 4.79 Å². The summed E-state index contributed by atoms with van der Waals surface area (Å²) in [7, 11) is 0. The van der Waals surface area contributed by atoms with Crippen molar-refractivity contribution in [3.63, 3.8) is 0 Å². The van der Waals surface area contributed by atoms with Gasteiger partial charge in [0.15, 0.2) is 5.78 Å². The number of carbonyl (C=O) groups is 1. The van der Waals surface area contributed by atoms with Crippen LogP contribution in [0.1, 0.15) is 46.0 Å². The molecule has 1 unspecified atom stereocenters. The first kappa shape index (κ1) is 11.3. The molecule has 1 heteroatoms. The minimum Gasteiger partial charge on any atom is -0.294 e. The number of allylic oxidation sites excluding steroid dienone is 4. The predicted octanol–water partition coefficient (Wildman–Crippen LogP) is 3.90. The van der Waals surface area contributed by atoms with Crippen LogP contribution in [0, 0.1) is 23.2 Å². The third kappa shape index (κ3) is 1.71. The molecule has 17 heavy (non-hydrogen) atoms. The van der Waals surface area contributed by atoms with Crippen LogP contribution >= 0.6 is 0 Å². The molecule has 0 amide bonds. The van der Waals surface area contributed by atoms with Gasteiger partial charge in [0.1, 0.15) is 0 Å². The van der Waals surface area contributed by atoms with Crippen molar-refractivity contribution < 1.29 is 4.79 Å². The lowest BCUT2D eigenvalue weighted by molar-refractivity contribution is -0.140. The third-order valence-corrected chi connectivity index (χ3v) is 5.32. The van der Waals surface area contributed by atoms with Crippen LogP contribution < -0.4 is 0 Å². The summed E-state index contributed by atoms with van der Waals surface area (Å²) in [5.74, 6) is 2.17. The van der Waals surface area contributed by atoms with E-state index in [0.29, 0.717) is 17.6 Å². The predicted molar refractivity (Wildman–Crippen MR) is 69.6 cm³/mol. The Labute approximate surface area is 104 Å². The van der Waals surface area contributed by atoms with E-state index in [4.69, 9.17) is 0 Å². The first-order valence-corrected chi connectivity index (χ1v) is 6.99. The number of Topliss-reactive ketones (excluding diaryl/α,β-unsaturated/α-hetero) is 1. The Morgan fingerprint density at radius 3 is 2.76 bits per heavy atom. The van der Waals surface area contributed by atoms with Crippen molar-refractivity contribution in [3.05, 3.63) is 23.8 Å². The summed E-state index contributed by atoms with van der Waals surface area (Å²) < 4.78 is 0. The Balaban J connectivity index is 1.76. The first-order valence-electron chi connectivity index (χ1n) is 6.99. The molecule has 0 aromatic rings. The van der Waals surface area contributed by atoms with E-state index in [-0.39, 0.29) is 5.41 Å². The molecule has 3 saturated carbocycles. The minimum atomic E-state index is 0.279. The topological polar surface area (TPSA) is 17.1 Å². The maximum Gasteiger partial charge on any atom is 0.162 e. The molecule has 4 rings (SSSR count). The smallest absolute Gasteiger partial charge is 0.162 e. The molecule has 3 fully saturated rings. The average Bonchev–Trinajstić information content (AvgIpc) is 2.32. The molecule has 0 radical (unpaired) electrons. The average molecular weight is 230 g/mol. The summed E-state index contributed by atoms with van der Waals surface area (Å²) in [4.78, 5) is 12.4. The van der Waals surface area contributed by atoms with Crippen LogP contribution in [-0.4, -0.2) is 5.78 Å². The van der Waals surface area contributed by atoms with Gasteiger partial charge in [0.2, 0.25) is 0 Å². The van der Waals surface area contributed by atoms with Crippen LogP contribution in [-0.2, 0) is 4.79 Å². The van der Waals surface area contributed by atoms with E-state index < -0.39 is 0 Å². The van der Waals surface area contributed by atoms with E-state index in [2.05, 4.69) is 32.1 Å². The van der Waals surface area contributed by atoms with Crippen molar-refractivity contribution in [1.29, 1.82) is 0 Å². The van der Waals surface area contributed by atoms with E-state index in [1.807, 2.05) is 0 Å². The van der Waals surface area contributed by atoms with Gasteiger partial charge in [-0.05, 0) is 54.9 Å². The van der Waals surface area contributed by atoms with E-state index in [1.165, 1.54) is 12.8 Å². The lowest BCUT2D eigenvalue weighted by Gasteiger charge is -2.56. The summed E-state index contributed by atoms with van der Waals surface area (Å²) in [6, 6.07) is 0. The fourth-order valence-electron chi connectivity index (χ4n) is 3.80. The number of ketones is 1. The maximum absolute atomic E-state index is 12.4. The van der Waals surface area contributed by atoms with Gasteiger partial charge in [0.25, 0.3) is 0 Å². The van der Waals surface area contributed by atoms with Crippen molar-refractivity contribution in [2.45, 2.75) is 46.0 Å². The van der Waals surface area contributed by atoms with Gasteiger partial charge in [-0.15, -0.1) is 0 Å². The standard InChI is InChI=1S/C16H22O/c1-16(2)13-9-12(15(17)14(16)10-13)8-11-6-4-3-5-7-11/h3-4,8,11,13-14H,5-7,9-10H2,1-2H3/b12-8+/t11?,13-,14-/m0/s1. The van der Waals surface area contributed by atoms with Crippen LogP contribution in [0.5, 0.6) is 0 Å². The molecule has 3 atom stereocenters. The number of rotatable bonds is 1. The van der Waals surface area contributed by atoms with Crippen molar-refractivity contribution in [2.24, 2.45) is 23.2 Å². The highest BCUT2D eigenvalue weighted by molar-refractivity contribution is 6.00. The molecule has 2 bridgehead atoms. The normalized spacial score (nSPS) is 41.4. The second-order valence-electron chi connectivity index (χ2n) is 6.61. The Bertz CT molecular complexity index is 400. The van der Waals surface area contributed by atoms with E-state index in [9.17, 15) is 4.79 Å². The van der Waals surface area contributed by atoms with Gasteiger partial charge in [-0.1, -0.05) is 32.1 Å². The summed E-state index contributed by atoms with van der Waals surface area (Å²) in [6.07, 6.45) is 12.6. The zero-order valence-corrected chi connectivity index (χ0v) is 10.9. The van der Waals surface area contributed by atoms with Crippen molar-refractivity contribution in [1.82, 2.24) is 0 Å². The molecule has 4 aliphatic rings. The Kier molecular flexibility index (Phi) is 2.53. The molecule has 4 aliphatic carbocycles. The molecule has 92 valence electrons. The molecular formula is C16H22O. The molecule has 0 saturated heterocycles. The highest BCUT2D eigenvalue weighted by Gasteiger charge is 2.55.